The lowest BCUT2D eigenvalue weighted by Crippen LogP contribution is -2.30. The second-order valence-corrected chi connectivity index (χ2v) is 19.9. The van der Waals surface area contributed by atoms with Crippen LogP contribution in [0.4, 0.5) is 0 Å². The molecule has 0 radical (unpaired) electrons. The molecule has 1 atom stereocenters. The van der Waals surface area contributed by atoms with Gasteiger partial charge in [-0.25, -0.2) is 0 Å². The summed E-state index contributed by atoms with van der Waals surface area (Å²) in [6.45, 7) is 6.56. The minimum atomic E-state index is -0.794. The van der Waals surface area contributed by atoms with Crippen molar-refractivity contribution in [1.29, 1.82) is 0 Å². The maximum atomic E-state index is 12.9. The smallest absolute Gasteiger partial charge is 0.306 e. The Balaban J connectivity index is 4.39. The van der Waals surface area contributed by atoms with Gasteiger partial charge < -0.3 is 14.2 Å². The maximum Gasteiger partial charge on any atom is 0.306 e. The first-order chi connectivity index (χ1) is 35.0. The van der Waals surface area contributed by atoms with Crippen molar-refractivity contribution in [3.63, 3.8) is 0 Å². The monoisotopic (exact) mass is 989 g/mol. The van der Waals surface area contributed by atoms with E-state index in [1.165, 1.54) is 122 Å². The van der Waals surface area contributed by atoms with Crippen molar-refractivity contribution < 1.29 is 28.6 Å². The lowest BCUT2D eigenvalue weighted by Gasteiger charge is -2.18. The van der Waals surface area contributed by atoms with E-state index < -0.39 is 6.10 Å². The third kappa shape index (κ3) is 57.4. The first kappa shape index (κ1) is 67.6. The fraction of sp³-hybridized carbons (Fsp3) is 0.738. The van der Waals surface area contributed by atoms with Crippen molar-refractivity contribution in [3.8, 4) is 0 Å². The Hall–Kier alpha value is -3.41. The lowest BCUT2D eigenvalue weighted by molar-refractivity contribution is -0.167. The topological polar surface area (TPSA) is 78.9 Å². The Morgan fingerprint density at radius 2 is 0.507 bits per heavy atom. The molecule has 6 heteroatoms. The van der Waals surface area contributed by atoms with Crippen LogP contribution >= 0.6 is 0 Å². The van der Waals surface area contributed by atoms with Gasteiger partial charge in [0.2, 0.25) is 0 Å². The molecule has 0 aliphatic rings. The van der Waals surface area contributed by atoms with E-state index in [9.17, 15) is 14.4 Å². The number of hydrogen-bond acceptors (Lipinski definition) is 6. The highest BCUT2D eigenvalue weighted by Gasteiger charge is 2.19. The fourth-order valence-electron chi connectivity index (χ4n) is 8.27. The largest absolute Gasteiger partial charge is 0.462 e. The molecular formula is C65H112O6. The van der Waals surface area contributed by atoms with Crippen molar-refractivity contribution in [1.82, 2.24) is 0 Å². The van der Waals surface area contributed by atoms with Gasteiger partial charge in [-0.2, -0.15) is 0 Å². The molecule has 0 bridgehead atoms. The average molecular weight is 990 g/mol. The zero-order valence-corrected chi connectivity index (χ0v) is 46.7. The Labute approximate surface area is 439 Å². The quantitative estimate of drug-likeness (QED) is 0.0261. The van der Waals surface area contributed by atoms with Crippen LogP contribution in [0.3, 0.4) is 0 Å². The molecule has 0 spiro atoms. The average Bonchev–Trinajstić information content (AvgIpc) is 3.37. The first-order valence-electron chi connectivity index (χ1n) is 30.1. The highest BCUT2D eigenvalue weighted by Crippen LogP contribution is 2.15. The molecule has 1 unspecified atom stereocenters. The predicted molar refractivity (Wildman–Crippen MR) is 307 cm³/mol. The van der Waals surface area contributed by atoms with Crippen LogP contribution in [0.1, 0.15) is 290 Å². The minimum absolute atomic E-state index is 0.0907. The summed E-state index contributed by atoms with van der Waals surface area (Å²) >= 11 is 0. The second kappa shape index (κ2) is 59.2. The number of esters is 3. The summed E-state index contributed by atoms with van der Waals surface area (Å²) in [5.74, 6) is -0.919. The summed E-state index contributed by atoms with van der Waals surface area (Å²) in [6, 6.07) is 0. The minimum Gasteiger partial charge on any atom is -0.462 e. The highest BCUT2D eigenvalue weighted by molar-refractivity contribution is 5.71. The van der Waals surface area contributed by atoms with E-state index >= 15 is 0 Å². The van der Waals surface area contributed by atoms with Gasteiger partial charge in [-0.05, 0) is 122 Å². The number of hydrogen-bond donors (Lipinski definition) is 0. The summed E-state index contributed by atoms with van der Waals surface area (Å²) in [5, 5.41) is 0. The second-order valence-electron chi connectivity index (χ2n) is 19.9. The highest BCUT2D eigenvalue weighted by atomic mass is 16.6. The van der Waals surface area contributed by atoms with Gasteiger partial charge in [-0.3, -0.25) is 14.4 Å². The molecule has 0 aromatic heterocycles. The zero-order chi connectivity index (χ0) is 51.4. The van der Waals surface area contributed by atoms with Gasteiger partial charge in [-0.15, -0.1) is 0 Å². The van der Waals surface area contributed by atoms with Crippen LogP contribution in [0.5, 0.6) is 0 Å². The van der Waals surface area contributed by atoms with E-state index in [1.54, 1.807) is 0 Å². The van der Waals surface area contributed by atoms with Crippen LogP contribution in [0, 0.1) is 0 Å². The summed E-state index contributed by atoms with van der Waals surface area (Å²) in [6.07, 6.45) is 77.1. The van der Waals surface area contributed by atoms with Gasteiger partial charge in [0, 0.05) is 19.3 Å². The number of rotatable bonds is 54. The number of carbonyl (C=O) groups is 3. The number of ether oxygens (including phenoxy) is 3. The molecule has 0 saturated heterocycles. The molecule has 0 aliphatic heterocycles. The van der Waals surface area contributed by atoms with Crippen molar-refractivity contribution in [3.05, 3.63) is 85.1 Å². The summed E-state index contributed by atoms with van der Waals surface area (Å²) in [7, 11) is 0. The van der Waals surface area contributed by atoms with E-state index in [4.69, 9.17) is 14.2 Å². The lowest BCUT2D eigenvalue weighted by atomic mass is 10.1. The Bertz CT molecular complexity index is 1370. The molecule has 71 heavy (non-hydrogen) atoms. The molecule has 0 amide bonds. The Kier molecular flexibility index (Phi) is 56.3. The predicted octanol–water partition coefficient (Wildman–Crippen LogP) is 20.3. The summed E-state index contributed by atoms with van der Waals surface area (Å²) in [4.78, 5) is 38.2. The molecule has 6 nitrogen and oxygen atoms in total. The molecule has 0 heterocycles. The van der Waals surface area contributed by atoms with Crippen LogP contribution < -0.4 is 0 Å². The van der Waals surface area contributed by atoms with Gasteiger partial charge in [0.15, 0.2) is 6.10 Å². The summed E-state index contributed by atoms with van der Waals surface area (Å²) < 4.78 is 16.9. The van der Waals surface area contributed by atoms with E-state index in [2.05, 4.69) is 106 Å². The van der Waals surface area contributed by atoms with Gasteiger partial charge in [0.05, 0.1) is 0 Å². The van der Waals surface area contributed by atoms with Gasteiger partial charge in [-0.1, -0.05) is 234 Å². The molecule has 0 aromatic rings. The molecular weight excluding hydrogens is 877 g/mol. The van der Waals surface area contributed by atoms with E-state index in [1.807, 2.05) is 0 Å². The van der Waals surface area contributed by atoms with Gasteiger partial charge in [0.25, 0.3) is 0 Å². The van der Waals surface area contributed by atoms with Crippen LogP contribution in [0.25, 0.3) is 0 Å². The maximum absolute atomic E-state index is 12.9. The Morgan fingerprint density at radius 3 is 0.817 bits per heavy atom. The van der Waals surface area contributed by atoms with Crippen molar-refractivity contribution in [2.45, 2.75) is 297 Å². The third-order valence-corrected chi connectivity index (χ3v) is 12.8. The molecule has 0 rings (SSSR count). The molecule has 408 valence electrons. The number of unbranched alkanes of at least 4 members (excludes halogenated alkanes) is 29. The SMILES string of the molecule is CCCCC/C=C\C/C=C\CCCCCCCC(=O)OCC(COC(=O)CCCCCCCCCC/C=C\C/C=C\C/C=C\CCCCCCC)OC(=O)CCCCCCC/C=C\C/C=C\CCCCC. The van der Waals surface area contributed by atoms with Crippen molar-refractivity contribution in [2.75, 3.05) is 13.2 Å². The molecule has 0 N–H and O–H groups in total. The van der Waals surface area contributed by atoms with E-state index in [0.29, 0.717) is 19.3 Å². The normalized spacial score (nSPS) is 12.7. The van der Waals surface area contributed by atoms with Crippen molar-refractivity contribution in [2.24, 2.45) is 0 Å². The molecule has 0 aliphatic carbocycles. The third-order valence-electron chi connectivity index (χ3n) is 12.8. The van der Waals surface area contributed by atoms with Crippen LogP contribution in [-0.4, -0.2) is 37.2 Å². The number of allylic oxidation sites excluding steroid dienone is 14. The van der Waals surface area contributed by atoms with Crippen LogP contribution in [-0.2, 0) is 28.6 Å². The first-order valence-corrected chi connectivity index (χ1v) is 30.1. The van der Waals surface area contributed by atoms with E-state index in [-0.39, 0.29) is 31.1 Å². The van der Waals surface area contributed by atoms with E-state index in [0.717, 1.165) is 128 Å². The zero-order valence-electron chi connectivity index (χ0n) is 46.7. The van der Waals surface area contributed by atoms with Crippen LogP contribution in [0.2, 0.25) is 0 Å². The standard InChI is InChI=1S/C65H112O6/c1-4-7-10-13-16-19-22-25-28-29-30-31-32-33-34-35-38-40-43-46-49-52-55-58-64(67)70-61-62(71-65(68)59-56-53-50-47-44-41-37-27-24-21-18-15-12-9-6-3)60-69-63(66)57-54-51-48-45-42-39-36-26-23-20-17-14-11-8-5-2/h17-18,20-22,25-27,29-30,32-33,36-37,62H,4-16,19,23-24,28,31,34-35,38-61H2,1-3H3/b20-17-,21-18-,25-22-,30-29-,33-32-,36-26-,37-27-. The summed E-state index contributed by atoms with van der Waals surface area (Å²) in [5.41, 5.74) is 0. The molecule has 0 aromatic carbocycles. The number of carbonyl (C=O) groups excluding carboxylic acids is 3. The Morgan fingerprint density at radius 1 is 0.282 bits per heavy atom. The molecule has 0 saturated carbocycles. The van der Waals surface area contributed by atoms with Crippen LogP contribution in [0.15, 0.2) is 85.1 Å². The fourth-order valence-corrected chi connectivity index (χ4v) is 8.27. The van der Waals surface area contributed by atoms with Gasteiger partial charge >= 0.3 is 17.9 Å². The van der Waals surface area contributed by atoms with Gasteiger partial charge in [0.1, 0.15) is 13.2 Å². The molecule has 0 fully saturated rings. The van der Waals surface area contributed by atoms with Crippen molar-refractivity contribution >= 4 is 17.9 Å².